The van der Waals surface area contributed by atoms with E-state index in [2.05, 4.69) is 10.6 Å². The van der Waals surface area contributed by atoms with Gasteiger partial charge >= 0.3 is 0 Å². The second-order valence-corrected chi connectivity index (χ2v) is 8.19. The third kappa shape index (κ3) is 6.07. The standard InChI is InChI=1S/C24H29N3O4/c1-16(2)13-25-24(30)18-12-23(29)27(14-18)19-8-10-20(11-9-19)31-15-22(28)26-21-7-5-4-6-17(21)3/h4-11,16,18H,12-15H2,1-3H3,(H,25,30)(H,26,28). The monoisotopic (exact) mass is 423 g/mol. The summed E-state index contributed by atoms with van der Waals surface area (Å²) in [6.07, 6.45) is 0.210. The molecule has 1 heterocycles. The maximum Gasteiger partial charge on any atom is 0.262 e. The number of para-hydroxylation sites is 1. The molecule has 1 atom stereocenters. The van der Waals surface area contributed by atoms with Gasteiger partial charge in [0.25, 0.3) is 5.91 Å². The molecule has 1 aliphatic heterocycles. The molecule has 0 radical (unpaired) electrons. The van der Waals surface area contributed by atoms with Crippen molar-refractivity contribution in [3.05, 3.63) is 54.1 Å². The summed E-state index contributed by atoms with van der Waals surface area (Å²) >= 11 is 0. The lowest BCUT2D eigenvalue weighted by Crippen LogP contribution is -2.35. The first-order chi connectivity index (χ1) is 14.8. The highest BCUT2D eigenvalue weighted by Gasteiger charge is 2.35. The number of hydrogen-bond donors (Lipinski definition) is 2. The van der Waals surface area contributed by atoms with E-state index < -0.39 is 0 Å². The fraction of sp³-hybridized carbons (Fsp3) is 0.375. The summed E-state index contributed by atoms with van der Waals surface area (Å²) in [6.45, 7) is 6.83. The van der Waals surface area contributed by atoms with Crippen LogP contribution in [0.2, 0.25) is 0 Å². The fourth-order valence-corrected chi connectivity index (χ4v) is 3.35. The van der Waals surface area contributed by atoms with Crippen LogP contribution in [0.1, 0.15) is 25.8 Å². The normalized spacial score (nSPS) is 15.8. The van der Waals surface area contributed by atoms with E-state index in [-0.39, 0.29) is 36.7 Å². The molecule has 164 valence electrons. The number of benzene rings is 2. The van der Waals surface area contributed by atoms with Gasteiger partial charge in [-0.15, -0.1) is 0 Å². The van der Waals surface area contributed by atoms with Gasteiger partial charge in [-0.2, -0.15) is 0 Å². The van der Waals surface area contributed by atoms with Crippen molar-refractivity contribution in [2.75, 3.05) is 29.9 Å². The van der Waals surface area contributed by atoms with Gasteiger partial charge in [0.05, 0.1) is 5.92 Å². The Hall–Kier alpha value is -3.35. The van der Waals surface area contributed by atoms with Gasteiger partial charge in [-0.05, 0) is 48.7 Å². The molecule has 31 heavy (non-hydrogen) atoms. The molecule has 0 spiro atoms. The van der Waals surface area contributed by atoms with Gasteiger partial charge in [0, 0.05) is 30.9 Å². The van der Waals surface area contributed by atoms with Crippen molar-refractivity contribution in [1.29, 1.82) is 0 Å². The number of nitrogens with zero attached hydrogens (tertiary/aromatic N) is 1. The van der Waals surface area contributed by atoms with Crippen molar-refractivity contribution in [2.24, 2.45) is 11.8 Å². The van der Waals surface area contributed by atoms with Crippen molar-refractivity contribution in [1.82, 2.24) is 5.32 Å². The molecule has 0 aliphatic carbocycles. The lowest BCUT2D eigenvalue weighted by molar-refractivity contribution is -0.126. The van der Waals surface area contributed by atoms with Crippen LogP contribution in [0, 0.1) is 18.8 Å². The molecule has 7 nitrogen and oxygen atoms in total. The molecular weight excluding hydrogens is 394 g/mol. The molecule has 2 aromatic rings. The van der Waals surface area contributed by atoms with E-state index in [1.807, 2.05) is 45.0 Å². The Labute approximate surface area is 182 Å². The summed E-state index contributed by atoms with van der Waals surface area (Å²) in [7, 11) is 0. The average Bonchev–Trinajstić information content (AvgIpc) is 3.14. The van der Waals surface area contributed by atoms with E-state index in [4.69, 9.17) is 4.74 Å². The number of rotatable bonds is 8. The number of hydrogen-bond acceptors (Lipinski definition) is 4. The largest absolute Gasteiger partial charge is 0.484 e. The van der Waals surface area contributed by atoms with E-state index >= 15 is 0 Å². The predicted octanol–water partition coefficient (Wildman–Crippen LogP) is 3.14. The first-order valence-corrected chi connectivity index (χ1v) is 10.5. The molecule has 7 heteroatoms. The van der Waals surface area contributed by atoms with E-state index in [0.29, 0.717) is 30.4 Å². The van der Waals surface area contributed by atoms with Crippen LogP contribution in [-0.4, -0.2) is 37.4 Å². The van der Waals surface area contributed by atoms with Crippen LogP contribution in [0.3, 0.4) is 0 Å². The minimum absolute atomic E-state index is 0.0732. The number of aryl methyl sites for hydroxylation is 1. The van der Waals surface area contributed by atoms with E-state index in [9.17, 15) is 14.4 Å². The third-order valence-electron chi connectivity index (χ3n) is 5.12. The van der Waals surface area contributed by atoms with Crippen molar-refractivity contribution in [3.63, 3.8) is 0 Å². The molecule has 2 N–H and O–H groups in total. The first-order valence-electron chi connectivity index (χ1n) is 10.5. The maximum atomic E-state index is 12.4. The second-order valence-electron chi connectivity index (χ2n) is 8.19. The molecule has 0 aromatic heterocycles. The first kappa shape index (κ1) is 22.3. The van der Waals surface area contributed by atoms with Crippen molar-refractivity contribution >= 4 is 29.1 Å². The summed E-state index contributed by atoms with van der Waals surface area (Å²) in [5.41, 5.74) is 2.44. The molecule has 1 saturated heterocycles. The minimum atomic E-state index is -0.340. The maximum absolute atomic E-state index is 12.4. The third-order valence-corrected chi connectivity index (χ3v) is 5.12. The summed E-state index contributed by atoms with van der Waals surface area (Å²) in [6, 6.07) is 14.5. The molecule has 0 saturated carbocycles. The van der Waals surface area contributed by atoms with Crippen LogP contribution >= 0.6 is 0 Å². The van der Waals surface area contributed by atoms with E-state index in [1.54, 1.807) is 29.2 Å². The average molecular weight is 424 g/mol. The van der Waals surface area contributed by atoms with Gasteiger partial charge in [0.2, 0.25) is 11.8 Å². The quantitative estimate of drug-likeness (QED) is 0.683. The zero-order chi connectivity index (χ0) is 22.4. The Kier molecular flexibility index (Phi) is 7.28. The van der Waals surface area contributed by atoms with Crippen molar-refractivity contribution < 1.29 is 19.1 Å². The number of amides is 3. The summed E-state index contributed by atoms with van der Waals surface area (Å²) in [5, 5.41) is 5.72. The van der Waals surface area contributed by atoms with Gasteiger partial charge in [0.15, 0.2) is 6.61 Å². The lowest BCUT2D eigenvalue weighted by Gasteiger charge is -2.17. The lowest BCUT2D eigenvalue weighted by atomic mass is 10.1. The van der Waals surface area contributed by atoms with Crippen molar-refractivity contribution in [2.45, 2.75) is 27.2 Å². The van der Waals surface area contributed by atoms with Gasteiger partial charge in [-0.3, -0.25) is 14.4 Å². The number of nitrogens with one attached hydrogen (secondary N) is 2. The highest BCUT2D eigenvalue weighted by atomic mass is 16.5. The Morgan fingerprint density at radius 1 is 1.13 bits per heavy atom. The van der Waals surface area contributed by atoms with Gasteiger partial charge in [-0.1, -0.05) is 32.0 Å². The van der Waals surface area contributed by atoms with Gasteiger partial charge < -0.3 is 20.3 Å². The zero-order valence-corrected chi connectivity index (χ0v) is 18.2. The van der Waals surface area contributed by atoms with Gasteiger partial charge in [-0.25, -0.2) is 0 Å². The van der Waals surface area contributed by atoms with Crippen LogP contribution in [-0.2, 0) is 14.4 Å². The molecule has 0 bridgehead atoms. The Morgan fingerprint density at radius 3 is 2.52 bits per heavy atom. The number of carbonyl (C=O) groups is 3. The number of ether oxygens (including phenoxy) is 1. The van der Waals surface area contributed by atoms with Crippen LogP contribution in [0.4, 0.5) is 11.4 Å². The minimum Gasteiger partial charge on any atom is -0.484 e. The van der Waals surface area contributed by atoms with Crippen LogP contribution in [0.25, 0.3) is 0 Å². The van der Waals surface area contributed by atoms with Crippen molar-refractivity contribution in [3.8, 4) is 5.75 Å². The van der Waals surface area contributed by atoms with Gasteiger partial charge in [0.1, 0.15) is 5.75 Å². The van der Waals surface area contributed by atoms with E-state index in [1.165, 1.54) is 0 Å². The molecule has 3 amide bonds. The summed E-state index contributed by atoms with van der Waals surface area (Å²) in [5.74, 6) is 0.154. The highest BCUT2D eigenvalue weighted by Crippen LogP contribution is 2.27. The smallest absolute Gasteiger partial charge is 0.262 e. The zero-order valence-electron chi connectivity index (χ0n) is 18.2. The SMILES string of the molecule is Cc1ccccc1NC(=O)COc1ccc(N2CC(C(=O)NCC(C)C)CC2=O)cc1. The molecule has 1 aliphatic rings. The molecule has 1 unspecified atom stereocenters. The van der Waals surface area contributed by atoms with Crippen LogP contribution < -0.4 is 20.3 Å². The summed E-state index contributed by atoms with van der Waals surface area (Å²) < 4.78 is 5.56. The molecule has 1 fully saturated rings. The fourth-order valence-electron chi connectivity index (χ4n) is 3.35. The Morgan fingerprint density at radius 2 is 1.84 bits per heavy atom. The molecule has 2 aromatic carbocycles. The van der Waals surface area contributed by atoms with Crippen LogP contribution in [0.15, 0.2) is 48.5 Å². The molecular formula is C24H29N3O4. The number of carbonyl (C=O) groups excluding carboxylic acids is 3. The Balaban J connectivity index is 1.51. The Bertz CT molecular complexity index is 940. The highest BCUT2D eigenvalue weighted by molar-refractivity contribution is 6.00. The summed E-state index contributed by atoms with van der Waals surface area (Å²) in [4.78, 5) is 38.4. The topological polar surface area (TPSA) is 87.7 Å². The predicted molar refractivity (Wildman–Crippen MR) is 120 cm³/mol. The second kappa shape index (κ2) is 10.1. The van der Waals surface area contributed by atoms with Crippen LogP contribution in [0.5, 0.6) is 5.75 Å². The van der Waals surface area contributed by atoms with E-state index in [0.717, 1.165) is 11.3 Å². The number of anilines is 2. The molecule has 3 rings (SSSR count).